The van der Waals surface area contributed by atoms with Gasteiger partial charge in [-0.3, -0.25) is 4.79 Å². The van der Waals surface area contributed by atoms with Crippen LogP contribution >= 0.6 is 0 Å². The minimum absolute atomic E-state index is 0.0102. The number of fused-ring (bicyclic) bond motifs is 1. The molecule has 3 rings (SSSR count). The van der Waals surface area contributed by atoms with Crippen LogP contribution in [0.1, 0.15) is 18.4 Å². The first-order valence-corrected chi connectivity index (χ1v) is 7.18. The minimum Gasteiger partial charge on any atom is -0.497 e. The van der Waals surface area contributed by atoms with Crippen LogP contribution in [-0.4, -0.2) is 32.3 Å². The second kappa shape index (κ2) is 6.18. The van der Waals surface area contributed by atoms with Crippen molar-refractivity contribution in [1.29, 1.82) is 0 Å². The molecule has 0 saturated carbocycles. The zero-order chi connectivity index (χ0) is 14.7. The molecule has 5 heteroatoms. The number of ether oxygens (including phenoxy) is 2. The van der Waals surface area contributed by atoms with Gasteiger partial charge in [-0.25, -0.2) is 0 Å². The molecule has 1 saturated heterocycles. The number of hydrogen-bond donors (Lipinski definition) is 1. The lowest BCUT2D eigenvalue weighted by molar-refractivity contribution is -0.120. The summed E-state index contributed by atoms with van der Waals surface area (Å²) in [5.74, 6) is 0.732. The first-order chi connectivity index (χ1) is 10.3. The van der Waals surface area contributed by atoms with Gasteiger partial charge in [-0.05, 0) is 25.0 Å². The maximum Gasteiger partial charge on any atom is 0.224 e. The van der Waals surface area contributed by atoms with Crippen LogP contribution in [0.2, 0.25) is 0 Å². The molecule has 21 heavy (non-hydrogen) atoms. The van der Waals surface area contributed by atoms with E-state index in [1.807, 2.05) is 18.2 Å². The second-order valence-corrected chi connectivity index (χ2v) is 5.24. The fraction of sp³-hybridized carbons (Fsp3) is 0.438. The Morgan fingerprint density at radius 1 is 1.48 bits per heavy atom. The van der Waals surface area contributed by atoms with Gasteiger partial charge in [0.15, 0.2) is 0 Å². The average Bonchev–Trinajstić information content (AvgIpc) is 3.14. The second-order valence-electron chi connectivity index (χ2n) is 5.24. The molecular formula is C16H19NO4. The smallest absolute Gasteiger partial charge is 0.224 e. The molecule has 1 aliphatic rings. The molecule has 1 fully saturated rings. The highest BCUT2D eigenvalue weighted by Gasteiger charge is 2.17. The summed E-state index contributed by atoms with van der Waals surface area (Å²) in [6.07, 6.45) is 4.21. The standard InChI is InChI=1S/C16H19NO4/c1-19-12-4-5-14-11(10-21-15(14)8-12)7-16(18)17-9-13-3-2-6-20-13/h4-5,8,10,13H,2-3,6-7,9H2,1H3,(H,17,18). The highest BCUT2D eigenvalue weighted by Crippen LogP contribution is 2.25. The molecule has 0 aliphatic carbocycles. The van der Waals surface area contributed by atoms with Crippen LogP contribution in [0.3, 0.4) is 0 Å². The molecule has 1 unspecified atom stereocenters. The Labute approximate surface area is 123 Å². The number of nitrogens with one attached hydrogen (secondary N) is 1. The summed E-state index contributed by atoms with van der Waals surface area (Å²) < 4.78 is 16.1. The fourth-order valence-electron chi connectivity index (χ4n) is 2.60. The highest BCUT2D eigenvalue weighted by atomic mass is 16.5. The van der Waals surface area contributed by atoms with Crippen LogP contribution in [0.5, 0.6) is 5.75 Å². The van der Waals surface area contributed by atoms with E-state index >= 15 is 0 Å². The Bertz CT molecular complexity index is 628. The van der Waals surface area contributed by atoms with E-state index in [0.29, 0.717) is 13.0 Å². The number of benzene rings is 1. The molecule has 1 amide bonds. The molecule has 5 nitrogen and oxygen atoms in total. The van der Waals surface area contributed by atoms with E-state index in [-0.39, 0.29) is 12.0 Å². The van der Waals surface area contributed by atoms with Crippen molar-refractivity contribution in [3.63, 3.8) is 0 Å². The Hall–Kier alpha value is -2.01. The molecule has 0 bridgehead atoms. The molecular weight excluding hydrogens is 270 g/mol. The third kappa shape index (κ3) is 3.19. The van der Waals surface area contributed by atoms with E-state index < -0.39 is 0 Å². The average molecular weight is 289 g/mol. The fourth-order valence-corrected chi connectivity index (χ4v) is 2.60. The predicted octanol–water partition coefficient (Wildman–Crippen LogP) is 2.28. The number of hydrogen-bond acceptors (Lipinski definition) is 4. The number of carbonyl (C=O) groups excluding carboxylic acids is 1. The van der Waals surface area contributed by atoms with Gasteiger partial charge in [0.05, 0.1) is 25.9 Å². The van der Waals surface area contributed by atoms with E-state index in [4.69, 9.17) is 13.9 Å². The maximum atomic E-state index is 12.0. The van der Waals surface area contributed by atoms with Gasteiger partial charge >= 0.3 is 0 Å². The van der Waals surface area contributed by atoms with Gasteiger partial charge in [-0.2, -0.15) is 0 Å². The molecule has 1 aromatic heterocycles. The van der Waals surface area contributed by atoms with Crippen molar-refractivity contribution in [1.82, 2.24) is 5.32 Å². The summed E-state index contributed by atoms with van der Waals surface area (Å²) in [6.45, 7) is 1.39. The van der Waals surface area contributed by atoms with Crippen molar-refractivity contribution in [3.8, 4) is 5.75 Å². The zero-order valence-corrected chi connectivity index (χ0v) is 12.1. The van der Waals surface area contributed by atoms with E-state index in [0.717, 1.165) is 41.7 Å². The van der Waals surface area contributed by atoms with Crippen molar-refractivity contribution in [3.05, 3.63) is 30.0 Å². The van der Waals surface area contributed by atoms with E-state index in [1.54, 1.807) is 13.4 Å². The summed E-state index contributed by atoms with van der Waals surface area (Å²) in [6, 6.07) is 5.61. The zero-order valence-electron chi connectivity index (χ0n) is 12.1. The van der Waals surface area contributed by atoms with E-state index in [9.17, 15) is 4.79 Å². The van der Waals surface area contributed by atoms with Crippen LogP contribution in [-0.2, 0) is 16.0 Å². The van der Waals surface area contributed by atoms with Crippen LogP contribution in [0, 0.1) is 0 Å². The molecule has 2 heterocycles. The third-order valence-corrected chi connectivity index (χ3v) is 3.76. The number of rotatable bonds is 5. The monoisotopic (exact) mass is 289 g/mol. The Morgan fingerprint density at radius 3 is 3.14 bits per heavy atom. The summed E-state index contributed by atoms with van der Waals surface area (Å²) >= 11 is 0. The molecule has 1 N–H and O–H groups in total. The summed E-state index contributed by atoms with van der Waals surface area (Å²) in [4.78, 5) is 12.0. The molecule has 112 valence electrons. The van der Waals surface area contributed by atoms with Gasteiger partial charge in [-0.1, -0.05) is 0 Å². The summed E-state index contributed by atoms with van der Waals surface area (Å²) in [5.41, 5.74) is 1.62. The number of methoxy groups -OCH3 is 1. The van der Waals surface area contributed by atoms with Crippen LogP contribution in [0.25, 0.3) is 11.0 Å². The van der Waals surface area contributed by atoms with Gasteiger partial charge in [0.2, 0.25) is 5.91 Å². The van der Waals surface area contributed by atoms with Gasteiger partial charge in [0.1, 0.15) is 11.3 Å². The molecule has 1 atom stereocenters. The van der Waals surface area contributed by atoms with Crippen molar-refractivity contribution in [2.45, 2.75) is 25.4 Å². The van der Waals surface area contributed by atoms with Crippen molar-refractivity contribution in [2.75, 3.05) is 20.3 Å². The lowest BCUT2D eigenvalue weighted by Gasteiger charge is -2.10. The third-order valence-electron chi connectivity index (χ3n) is 3.76. The van der Waals surface area contributed by atoms with Gasteiger partial charge in [0, 0.05) is 30.2 Å². The number of carbonyl (C=O) groups is 1. The molecule has 0 radical (unpaired) electrons. The molecule has 1 aromatic carbocycles. The van der Waals surface area contributed by atoms with Crippen LogP contribution in [0.4, 0.5) is 0 Å². The summed E-state index contributed by atoms with van der Waals surface area (Å²) in [5, 5.41) is 3.87. The van der Waals surface area contributed by atoms with Crippen molar-refractivity contribution >= 4 is 16.9 Å². The van der Waals surface area contributed by atoms with Gasteiger partial charge in [-0.15, -0.1) is 0 Å². The quantitative estimate of drug-likeness (QED) is 0.917. The normalized spacial score (nSPS) is 18.0. The molecule has 1 aliphatic heterocycles. The molecule has 2 aromatic rings. The first-order valence-electron chi connectivity index (χ1n) is 7.18. The Morgan fingerprint density at radius 2 is 2.38 bits per heavy atom. The highest BCUT2D eigenvalue weighted by molar-refractivity contribution is 5.88. The molecule has 0 spiro atoms. The SMILES string of the molecule is COc1ccc2c(CC(=O)NCC3CCCO3)coc2c1. The lowest BCUT2D eigenvalue weighted by Crippen LogP contribution is -2.32. The predicted molar refractivity (Wildman–Crippen MR) is 78.5 cm³/mol. The van der Waals surface area contributed by atoms with Crippen LogP contribution in [0.15, 0.2) is 28.9 Å². The topological polar surface area (TPSA) is 60.7 Å². The van der Waals surface area contributed by atoms with E-state index in [2.05, 4.69) is 5.32 Å². The number of furan rings is 1. The number of amides is 1. The van der Waals surface area contributed by atoms with Crippen molar-refractivity contribution in [2.24, 2.45) is 0 Å². The maximum absolute atomic E-state index is 12.0. The van der Waals surface area contributed by atoms with Gasteiger partial charge in [0.25, 0.3) is 0 Å². The van der Waals surface area contributed by atoms with Gasteiger partial charge < -0.3 is 19.2 Å². The minimum atomic E-state index is -0.0102. The van der Waals surface area contributed by atoms with Crippen molar-refractivity contribution < 1.29 is 18.7 Å². The Kier molecular flexibility index (Phi) is 4.10. The lowest BCUT2D eigenvalue weighted by atomic mass is 10.1. The summed E-state index contributed by atoms with van der Waals surface area (Å²) in [7, 11) is 1.61. The van der Waals surface area contributed by atoms with Crippen LogP contribution < -0.4 is 10.1 Å². The van der Waals surface area contributed by atoms with E-state index in [1.165, 1.54) is 0 Å². The first kappa shape index (κ1) is 13.9. The Balaban J connectivity index is 1.62. The largest absolute Gasteiger partial charge is 0.497 e.